The molecule has 1 aromatic carbocycles. The first-order chi connectivity index (χ1) is 8.55. The van der Waals surface area contributed by atoms with Gasteiger partial charge in [0, 0.05) is 0 Å². The van der Waals surface area contributed by atoms with Crippen molar-refractivity contribution in [3.05, 3.63) is 28.8 Å². The molecule has 20 heavy (non-hydrogen) atoms. The Labute approximate surface area is 152 Å². The van der Waals surface area contributed by atoms with Crippen LogP contribution in [-0.4, -0.2) is 50.7 Å². The summed E-state index contributed by atoms with van der Waals surface area (Å²) < 4.78 is 33.0. The molecule has 0 unspecified atom stereocenters. The molecule has 0 fully saturated rings. The zero-order valence-corrected chi connectivity index (χ0v) is 13.4. The molecule has 0 amide bonds. The molecular formula is C15H26CaO3S. The van der Waals surface area contributed by atoms with E-state index in [0.717, 1.165) is 5.56 Å². The second-order valence-corrected chi connectivity index (χ2v) is 7.33. The Morgan fingerprint density at radius 1 is 0.850 bits per heavy atom. The van der Waals surface area contributed by atoms with Gasteiger partial charge in [0.2, 0.25) is 0 Å². The van der Waals surface area contributed by atoms with Crippen molar-refractivity contribution in [2.75, 3.05) is 0 Å². The standard InChI is InChI=1S/C15H24O3S.Ca.2H/c1-9(2)12-7-13(10(3)4)15(19(16,17)18)14(8-12)11(5)6;;;/h7-11H,1-6H3,(H,16,17,18);;;. The van der Waals surface area contributed by atoms with Gasteiger partial charge in [-0.15, -0.1) is 0 Å². The van der Waals surface area contributed by atoms with Crippen molar-refractivity contribution in [1.82, 2.24) is 0 Å². The third-order valence-electron chi connectivity index (χ3n) is 3.34. The van der Waals surface area contributed by atoms with E-state index in [2.05, 4.69) is 13.8 Å². The second-order valence-electron chi connectivity index (χ2n) is 5.97. The summed E-state index contributed by atoms with van der Waals surface area (Å²) in [5.74, 6) is 0.423. The molecule has 0 spiro atoms. The summed E-state index contributed by atoms with van der Waals surface area (Å²) in [5, 5.41) is 0. The third kappa shape index (κ3) is 4.70. The van der Waals surface area contributed by atoms with E-state index in [1.807, 2.05) is 39.8 Å². The van der Waals surface area contributed by atoms with Gasteiger partial charge in [-0.3, -0.25) is 4.55 Å². The SMILES string of the molecule is CC(C)c1cc(C(C)C)c(S(=O)(=O)O)c(C(C)C)c1.[CaH2]. The maximum absolute atomic E-state index is 11.7. The van der Waals surface area contributed by atoms with E-state index < -0.39 is 10.1 Å². The van der Waals surface area contributed by atoms with E-state index in [-0.39, 0.29) is 54.5 Å². The van der Waals surface area contributed by atoms with Gasteiger partial charge in [0.1, 0.15) is 4.90 Å². The Bertz CT molecular complexity index is 531. The van der Waals surface area contributed by atoms with E-state index in [9.17, 15) is 13.0 Å². The minimum atomic E-state index is -4.20. The Hall–Kier alpha value is 0.390. The Morgan fingerprint density at radius 3 is 1.40 bits per heavy atom. The number of hydrogen-bond acceptors (Lipinski definition) is 2. The summed E-state index contributed by atoms with van der Waals surface area (Å²) in [6.45, 7) is 11.9. The molecule has 1 N–H and O–H groups in total. The molecule has 0 atom stereocenters. The fourth-order valence-corrected chi connectivity index (χ4v) is 3.37. The fraction of sp³-hybridized carbons (Fsp3) is 0.600. The van der Waals surface area contributed by atoms with Crippen LogP contribution in [0.15, 0.2) is 17.0 Å². The Morgan fingerprint density at radius 2 is 1.20 bits per heavy atom. The predicted octanol–water partition coefficient (Wildman–Crippen LogP) is 3.39. The average molecular weight is 327 g/mol. The number of benzene rings is 1. The summed E-state index contributed by atoms with van der Waals surface area (Å²) >= 11 is 0. The van der Waals surface area contributed by atoms with E-state index in [0.29, 0.717) is 17.0 Å². The molecule has 0 aliphatic rings. The first-order valence-corrected chi connectivity index (χ1v) is 8.14. The number of hydrogen-bond donors (Lipinski definition) is 1. The van der Waals surface area contributed by atoms with Crippen molar-refractivity contribution in [2.45, 2.75) is 64.2 Å². The van der Waals surface area contributed by atoms with Crippen LogP contribution in [0.3, 0.4) is 0 Å². The first kappa shape index (κ1) is 20.4. The van der Waals surface area contributed by atoms with Crippen LogP contribution in [0.4, 0.5) is 0 Å². The fourth-order valence-electron chi connectivity index (χ4n) is 2.19. The topological polar surface area (TPSA) is 54.4 Å². The zero-order chi connectivity index (χ0) is 15.0. The molecule has 0 radical (unpaired) electrons. The van der Waals surface area contributed by atoms with E-state index in [1.165, 1.54) is 0 Å². The van der Waals surface area contributed by atoms with Crippen LogP contribution in [0.1, 0.15) is 76.0 Å². The zero-order valence-electron chi connectivity index (χ0n) is 12.6. The van der Waals surface area contributed by atoms with Crippen LogP contribution >= 0.6 is 0 Å². The van der Waals surface area contributed by atoms with Gasteiger partial charge >= 0.3 is 37.7 Å². The van der Waals surface area contributed by atoms with Crippen LogP contribution in [0, 0.1) is 0 Å². The van der Waals surface area contributed by atoms with E-state index in [1.54, 1.807) is 0 Å². The summed E-state index contributed by atoms with van der Waals surface area (Å²) in [6, 6.07) is 3.81. The second kappa shape index (κ2) is 7.59. The van der Waals surface area contributed by atoms with Crippen LogP contribution < -0.4 is 0 Å². The van der Waals surface area contributed by atoms with Crippen LogP contribution in [-0.2, 0) is 10.1 Å². The predicted molar refractivity (Wildman–Crippen MR) is 87.1 cm³/mol. The van der Waals surface area contributed by atoms with Crippen molar-refractivity contribution in [3.8, 4) is 0 Å². The van der Waals surface area contributed by atoms with E-state index in [4.69, 9.17) is 0 Å². The summed E-state index contributed by atoms with van der Waals surface area (Å²) in [5.41, 5.74) is 2.52. The first-order valence-electron chi connectivity index (χ1n) is 6.70. The molecule has 1 aromatic rings. The molecule has 1 rings (SSSR count). The van der Waals surface area contributed by atoms with Crippen molar-refractivity contribution in [2.24, 2.45) is 0 Å². The van der Waals surface area contributed by atoms with Gasteiger partial charge in [0.15, 0.2) is 0 Å². The van der Waals surface area contributed by atoms with Crippen molar-refractivity contribution < 1.29 is 13.0 Å². The van der Waals surface area contributed by atoms with Crippen molar-refractivity contribution >= 4 is 47.9 Å². The average Bonchev–Trinajstić information content (AvgIpc) is 2.25. The Kier molecular flexibility index (Phi) is 7.74. The molecule has 0 aromatic heterocycles. The van der Waals surface area contributed by atoms with Crippen molar-refractivity contribution in [1.29, 1.82) is 0 Å². The number of rotatable bonds is 4. The van der Waals surface area contributed by atoms with Gasteiger partial charge in [-0.2, -0.15) is 8.42 Å². The molecule has 3 nitrogen and oxygen atoms in total. The van der Waals surface area contributed by atoms with Gasteiger partial charge in [0.25, 0.3) is 10.1 Å². The van der Waals surface area contributed by atoms with Gasteiger partial charge < -0.3 is 0 Å². The molecule has 112 valence electrons. The molecule has 0 saturated carbocycles. The van der Waals surface area contributed by atoms with E-state index >= 15 is 0 Å². The monoisotopic (exact) mass is 326 g/mol. The normalized spacial score (nSPS) is 12.1. The van der Waals surface area contributed by atoms with Gasteiger partial charge in [-0.25, -0.2) is 0 Å². The minimum absolute atomic E-state index is 0. The molecule has 0 aliphatic heterocycles. The van der Waals surface area contributed by atoms with Gasteiger partial charge in [0.05, 0.1) is 0 Å². The van der Waals surface area contributed by atoms with Crippen LogP contribution in [0.25, 0.3) is 0 Å². The molecule has 5 heteroatoms. The molecule has 0 bridgehead atoms. The summed E-state index contributed by atoms with van der Waals surface area (Å²) in [7, 11) is -4.20. The Balaban J connectivity index is 0.00000361. The van der Waals surface area contributed by atoms with Crippen LogP contribution in [0.5, 0.6) is 0 Å². The summed E-state index contributed by atoms with van der Waals surface area (Å²) in [4.78, 5) is 0.0990. The molecular weight excluding hydrogens is 300 g/mol. The van der Waals surface area contributed by atoms with Gasteiger partial charge in [-0.1, -0.05) is 53.7 Å². The molecule has 0 saturated heterocycles. The summed E-state index contributed by atoms with van der Waals surface area (Å²) in [6.07, 6.45) is 0. The van der Waals surface area contributed by atoms with Crippen molar-refractivity contribution in [3.63, 3.8) is 0 Å². The third-order valence-corrected chi connectivity index (χ3v) is 4.32. The van der Waals surface area contributed by atoms with Gasteiger partial charge in [-0.05, 0) is 34.4 Å². The maximum atomic E-state index is 11.7. The molecule has 0 aliphatic carbocycles. The van der Waals surface area contributed by atoms with Crippen LogP contribution in [0.2, 0.25) is 0 Å². The quantitative estimate of drug-likeness (QED) is 0.681. The molecule has 0 heterocycles.